The molecule has 1 aliphatic rings. The van der Waals surface area contributed by atoms with Crippen molar-refractivity contribution in [1.29, 1.82) is 0 Å². The summed E-state index contributed by atoms with van der Waals surface area (Å²) in [7, 11) is -3.68. The van der Waals surface area contributed by atoms with Crippen molar-refractivity contribution in [2.75, 3.05) is 50.1 Å². The number of alkyl halides is 3. The van der Waals surface area contributed by atoms with Gasteiger partial charge in [0.25, 0.3) is 0 Å². The second kappa shape index (κ2) is 10.4. The van der Waals surface area contributed by atoms with Gasteiger partial charge in [0.1, 0.15) is 11.6 Å². The summed E-state index contributed by atoms with van der Waals surface area (Å²) >= 11 is 0. The summed E-state index contributed by atoms with van der Waals surface area (Å²) in [5.74, 6) is -1.58. The van der Waals surface area contributed by atoms with Crippen molar-refractivity contribution >= 4 is 27.3 Å². The van der Waals surface area contributed by atoms with Crippen molar-refractivity contribution in [3.63, 3.8) is 0 Å². The summed E-state index contributed by atoms with van der Waals surface area (Å²) < 4.78 is 87.0. The van der Waals surface area contributed by atoms with Gasteiger partial charge in [0, 0.05) is 24.8 Å². The van der Waals surface area contributed by atoms with Crippen LogP contribution in [-0.2, 0) is 19.6 Å². The van der Waals surface area contributed by atoms with Gasteiger partial charge in [-0.3, -0.25) is 4.79 Å². The van der Waals surface area contributed by atoms with E-state index in [0.29, 0.717) is 18.9 Å². The summed E-state index contributed by atoms with van der Waals surface area (Å²) in [5, 5.41) is 5.05. The van der Waals surface area contributed by atoms with Crippen LogP contribution in [0, 0.1) is 5.82 Å². The quantitative estimate of drug-likeness (QED) is 0.552. The number of anilines is 2. The van der Waals surface area contributed by atoms with E-state index in [9.17, 15) is 30.8 Å². The first-order valence-electron chi connectivity index (χ1n) is 9.75. The number of carbonyl (C=O) groups is 1. The Bertz CT molecular complexity index is 1070. The molecule has 1 aliphatic heterocycles. The number of carbonyl (C=O) groups excluding carboxylic acids is 1. The molecule has 0 bridgehead atoms. The number of rotatable bonds is 8. The number of hydrogen-bond acceptors (Lipinski definition) is 6. The van der Waals surface area contributed by atoms with Crippen molar-refractivity contribution in [2.24, 2.45) is 0 Å². The fraction of sp³-hybridized carbons (Fsp3) is 0.350. The van der Waals surface area contributed by atoms with E-state index in [0.717, 1.165) is 18.2 Å². The molecule has 1 amide bonds. The summed E-state index contributed by atoms with van der Waals surface area (Å²) in [6.07, 6.45) is -4.58. The van der Waals surface area contributed by atoms with E-state index in [4.69, 9.17) is 4.74 Å². The number of nitrogens with one attached hydrogen (secondary N) is 2. The van der Waals surface area contributed by atoms with Crippen LogP contribution in [0.3, 0.4) is 0 Å². The highest BCUT2D eigenvalue weighted by atomic mass is 32.2. The summed E-state index contributed by atoms with van der Waals surface area (Å²) in [4.78, 5) is 12.3. The number of ether oxygens (including phenoxy) is 2. The van der Waals surface area contributed by atoms with Gasteiger partial charge < -0.3 is 20.1 Å². The summed E-state index contributed by atoms with van der Waals surface area (Å²) in [5.41, 5.74) is 0.178. The second-order valence-corrected chi connectivity index (χ2v) is 8.92. The molecule has 2 aromatic carbocycles. The maximum absolute atomic E-state index is 13.5. The van der Waals surface area contributed by atoms with Gasteiger partial charge in [-0.05, 0) is 36.4 Å². The Morgan fingerprint density at radius 3 is 2.39 bits per heavy atom. The van der Waals surface area contributed by atoms with Gasteiger partial charge in [-0.15, -0.1) is 0 Å². The standard InChI is InChI=1S/C20H21F4N3O5S/c21-14-1-6-18(32-13-20(22,23)24)17(11-14)25-12-19(28)26-15-2-4-16(5-3-15)33(29,30)27-7-9-31-10-8-27/h1-6,11,25H,7-10,12-13H2,(H,26,28). The lowest BCUT2D eigenvalue weighted by atomic mass is 10.2. The van der Waals surface area contributed by atoms with Crippen LogP contribution < -0.4 is 15.4 Å². The van der Waals surface area contributed by atoms with Gasteiger partial charge in [0.2, 0.25) is 15.9 Å². The van der Waals surface area contributed by atoms with Crippen LogP contribution in [-0.4, -0.2) is 64.3 Å². The zero-order valence-corrected chi connectivity index (χ0v) is 18.0. The predicted molar refractivity (Wildman–Crippen MR) is 111 cm³/mol. The van der Waals surface area contributed by atoms with Crippen LogP contribution in [0.2, 0.25) is 0 Å². The van der Waals surface area contributed by atoms with Gasteiger partial charge in [-0.25, -0.2) is 12.8 Å². The minimum Gasteiger partial charge on any atom is -0.482 e. The zero-order valence-electron chi connectivity index (χ0n) is 17.2. The third kappa shape index (κ3) is 7.04. The fourth-order valence-electron chi connectivity index (χ4n) is 2.95. The van der Waals surface area contributed by atoms with Crippen molar-refractivity contribution in [3.8, 4) is 5.75 Å². The van der Waals surface area contributed by atoms with Gasteiger partial charge in [0.05, 0.1) is 30.3 Å². The van der Waals surface area contributed by atoms with Crippen molar-refractivity contribution in [1.82, 2.24) is 4.31 Å². The molecule has 1 fully saturated rings. The molecule has 0 radical (unpaired) electrons. The average molecular weight is 491 g/mol. The Morgan fingerprint density at radius 2 is 1.76 bits per heavy atom. The number of amides is 1. The Morgan fingerprint density at radius 1 is 1.09 bits per heavy atom. The first-order valence-corrected chi connectivity index (χ1v) is 11.2. The molecule has 8 nitrogen and oxygen atoms in total. The maximum Gasteiger partial charge on any atom is 0.422 e. The Kier molecular flexibility index (Phi) is 7.76. The van der Waals surface area contributed by atoms with E-state index in [2.05, 4.69) is 15.4 Å². The van der Waals surface area contributed by atoms with E-state index in [1.165, 1.54) is 28.6 Å². The third-order valence-electron chi connectivity index (χ3n) is 4.52. The first kappa shape index (κ1) is 24.7. The van der Waals surface area contributed by atoms with Crippen LogP contribution in [0.25, 0.3) is 0 Å². The van der Waals surface area contributed by atoms with Crippen molar-refractivity contribution in [3.05, 3.63) is 48.3 Å². The molecule has 2 N–H and O–H groups in total. The van der Waals surface area contributed by atoms with Gasteiger partial charge in [-0.2, -0.15) is 17.5 Å². The van der Waals surface area contributed by atoms with Gasteiger partial charge in [0.15, 0.2) is 6.61 Å². The fourth-order valence-corrected chi connectivity index (χ4v) is 4.36. The number of halogens is 4. The molecular formula is C20H21F4N3O5S. The number of hydrogen-bond donors (Lipinski definition) is 2. The molecule has 3 rings (SSSR count). The lowest BCUT2D eigenvalue weighted by molar-refractivity contribution is -0.153. The second-order valence-electron chi connectivity index (χ2n) is 6.99. The van der Waals surface area contributed by atoms with Crippen LogP contribution in [0.5, 0.6) is 5.75 Å². The van der Waals surface area contributed by atoms with Crippen molar-refractivity contribution in [2.45, 2.75) is 11.1 Å². The number of sulfonamides is 1. The smallest absolute Gasteiger partial charge is 0.422 e. The van der Waals surface area contributed by atoms with Gasteiger partial charge in [-0.1, -0.05) is 0 Å². The number of morpholine rings is 1. The van der Waals surface area contributed by atoms with E-state index in [1.54, 1.807) is 0 Å². The SMILES string of the molecule is O=C(CNc1cc(F)ccc1OCC(F)(F)F)Nc1ccc(S(=O)(=O)N2CCOCC2)cc1. The lowest BCUT2D eigenvalue weighted by Gasteiger charge is -2.26. The molecule has 0 spiro atoms. The highest BCUT2D eigenvalue weighted by Crippen LogP contribution is 2.27. The van der Waals surface area contributed by atoms with E-state index < -0.39 is 41.1 Å². The molecule has 0 unspecified atom stereocenters. The monoisotopic (exact) mass is 491 g/mol. The molecule has 33 heavy (non-hydrogen) atoms. The van der Waals surface area contributed by atoms with Crippen LogP contribution in [0.15, 0.2) is 47.4 Å². The van der Waals surface area contributed by atoms with E-state index in [1.807, 2.05) is 0 Å². The molecule has 1 heterocycles. The maximum atomic E-state index is 13.5. The minimum atomic E-state index is -4.58. The Balaban J connectivity index is 1.59. The highest BCUT2D eigenvalue weighted by molar-refractivity contribution is 7.89. The average Bonchev–Trinajstić information content (AvgIpc) is 2.77. The number of benzene rings is 2. The van der Waals surface area contributed by atoms with E-state index >= 15 is 0 Å². The molecular weight excluding hydrogens is 470 g/mol. The Labute approximate surface area is 187 Å². The third-order valence-corrected chi connectivity index (χ3v) is 6.43. The minimum absolute atomic E-state index is 0.0618. The first-order chi connectivity index (χ1) is 15.5. The van der Waals surface area contributed by atoms with Crippen LogP contribution in [0.1, 0.15) is 0 Å². The molecule has 2 aromatic rings. The summed E-state index contributed by atoms with van der Waals surface area (Å²) in [6.45, 7) is -0.843. The molecule has 0 saturated carbocycles. The molecule has 0 atom stereocenters. The molecule has 0 aromatic heterocycles. The summed E-state index contributed by atoms with van der Waals surface area (Å²) in [6, 6.07) is 8.38. The van der Waals surface area contributed by atoms with Crippen molar-refractivity contribution < 1.29 is 40.2 Å². The lowest BCUT2D eigenvalue weighted by Crippen LogP contribution is -2.40. The molecule has 180 valence electrons. The highest BCUT2D eigenvalue weighted by Gasteiger charge is 2.29. The zero-order chi connectivity index (χ0) is 24.1. The predicted octanol–water partition coefficient (Wildman–Crippen LogP) is 2.84. The normalized spacial score (nSPS) is 15.2. The largest absolute Gasteiger partial charge is 0.482 e. The molecule has 13 heteroatoms. The van der Waals surface area contributed by atoms with Gasteiger partial charge >= 0.3 is 6.18 Å². The van der Waals surface area contributed by atoms with E-state index in [-0.39, 0.29) is 29.4 Å². The Hall–Kier alpha value is -2.90. The molecule has 0 aliphatic carbocycles. The molecule has 1 saturated heterocycles. The van der Waals surface area contributed by atoms with Crippen LogP contribution >= 0.6 is 0 Å². The van der Waals surface area contributed by atoms with Crippen LogP contribution in [0.4, 0.5) is 28.9 Å². The topological polar surface area (TPSA) is 97.0 Å². The number of nitrogens with zero attached hydrogens (tertiary/aromatic N) is 1.